The van der Waals surface area contributed by atoms with Crippen molar-refractivity contribution in [1.82, 2.24) is 9.97 Å². The number of methoxy groups -OCH3 is 1. The summed E-state index contributed by atoms with van der Waals surface area (Å²) in [6, 6.07) is 8.19. The lowest BCUT2D eigenvalue weighted by Crippen LogP contribution is -2.19. The van der Waals surface area contributed by atoms with Crippen LogP contribution < -0.4 is 14.8 Å². The smallest absolute Gasteiger partial charge is 0.162 e. The summed E-state index contributed by atoms with van der Waals surface area (Å²) in [6.45, 7) is 0. The van der Waals surface area contributed by atoms with Gasteiger partial charge in [0.15, 0.2) is 11.5 Å². The molecule has 1 fully saturated rings. The fourth-order valence-electron chi connectivity index (χ4n) is 3.49. The van der Waals surface area contributed by atoms with Gasteiger partial charge in [0.25, 0.3) is 0 Å². The molecule has 1 N–H and O–H groups in total. The maximum absolute atomic E-state index is 13.4. The summed E-state index contributed by atoms with van der Waals surface area (Å²) in [6.07, 6.45) is 7.38. The Hall–Kier alpha value is -2.60. The molecule has 2 aromatic carbocycles. The van der Waals surface area contributed by atoms with E-state index in [-0.39, 0.29) is 11.1 Å². The molecule has 0 saturated heterocycles. The van der Waals surface area contributed by atoms with Crippen molar-refractivity contribution in [2.75, 3.05) is 12.4 Å². The molecule has 3 aromatic rings. The molecule has 4 rings (SSSR count). The fourth-order valence-corrected chi connectivity index (χ4v) is 3.67. The van der Waals surface area contributed by atoms with Crippen LogP contribution in [0.2, 0.25) is 5.02 Å². The van der Waals surface area contributed by atoms with E-state index in [1.54, 1.807) is 13.2 Å². The molecular formula is C21H21ClFN3O2. The molecule has 1 saturated carbocycles. The van der Waals surface area contributed by atoms with Crippen LogP contribution in [0.15, 0.2) is 36.7 Å². The van der Waals surface area contributed by atoms with Crippen LogP contribution >= 0.6 is 11.6 Å². The van der Waals surface area contributed by atoms with Crippen molar-refractivity contribution in [3.8, 4) is 11.5 Å². The van der Waals surface area contributed by atoms with Gasteiger partial charge >= 0.3 is 0 Å². The molecule has 28 heavy (non-hydrogen) atoms. The number of rotatable bonds is 5. The zero-order valence-corrected chi connectivity index (χ0v) is 16.3. The Kier molecular flexibility index (Phi) is 5.48. The molecule has 1 aliphatic rings. The number of halogens is 2. The largest absolute Gasteiger partial charge is 0.493 e. The van der Waals surface area contributed by atoms with Crippen molar-refractivity contribution in [2.24, 2.45) is 0 Å². The molecule has 0 spiro atoms. The van der Waals surface area contributed by atoms with Crippen LogP contribution in [0.1, 0.15) is 32.1 Å². The third-order valence-corrected chi connectivity index (χ3v) is 5.24. The van der Waals surface area contributed by atoms with Crippen LogP contribution in [0.3, 0.4) is 0 Å². The molecule has 0 unspecified atom stereocenters. The highest BCUT2D eigenvalue weighted by Crippen LogP contribution is 2.37. The highest BCUT2D eigenvalue weighted by Gasteiger charge is 2.19. The van der Waals surface area contributed by atoms with Gasteiger partial charge in [0.05, 0.1) is 23.8 Å². The first kappa shape index (κ1) is 18.7. The van der Waals surface area contributed by atoms with E-state index in [9.17, 15) is 4.39 Å². The lowest BCUT2D eigenvalue weighted by atomic mass is 9.98. The molecule has 7 heteroatoms. The minimum Gasteiger partial charge on any atom is -0.493 e. The number of ether oxygens (including phenoxy) is 2. The second-order valence-electron chi connectivity index (χ2n) is 6.87. The van der Waals surface area contributed by atoms with Crippen LogP contribution in [0.4, 0.5) is 15.9 Å². The van der Waals surface area contributed by atoms with Crippen molar-refractivity contribution in [3.05, 3.63) is 47.5 Å². The summed E-state index contributed by atoms with van der Waals surface area (Å²) in [7, 11) is 1.62. The number of benzene rings is 2. The molecule has 0 bridgehead atoms. The van der Waals surface area contributed by atoms with E-state index in [1.165, 1.54) is 37.7 Å². The molecule has 1 aromatic heterocycles. The maximum Gasteiger partial charge on any atom is 0.162 e. The molecule has 0 amide bonds. The number of nitrogens with one attached hydrogen (secondary N) is 1. The number of hydrogen-bond donors (Lipinski definition) is 1. The predicted octanol–water partition coefficient (Wildman–Crippen LogP) is 5.89. The molecule has 1 heterocycles. The van der Waals surface area contributed by atoms with Gasteiger partial charge in [-0.15, -0.1) is 0 Å². The van der Waals surface area contributed by atoms with E-state index in [1.807, 2.05) is 12.1 Å². The third kappa shape index (κ3) is 3.97. The molecule has 0 aliphatic heterocycles. The standard InChI is InChI=1S/C21H21ClFN3O2/c1-27-19-11-18-15(10-20(19)28-14-5-3-2-4-6-14)21(25-12-24-18)26-13-7-8-17(23)16(22)9-13/h7-12,14H,2-6H2,1H3,(H,24,25,26). The van der Waals surface area contributed by atoms with Crippen molar-refractivity contribution in [1.29, 1.82) is 0 Å². The Labute approximate surface area is 167 Å². The van der Waals surface area contributed by atoms with Crippen LogP contribution in [0, 0.1) is 5.82 Å². The number of aromatic nitrogens is 2. The van der Waals surface area contributed by atoms with Crippen LogP contribution in [-0.4, -0.2) is 23.2 Å². The molecule has 1 aliphatic carbocycles. The van der Waals surface area contributed by atoms with Gasteiger partial charge in [-0.05, 0) is 49.9 Å². The van der Waals surface area contributed by atoms with Crippen molar-refractivity contribution in [2.45, 2.75) is 38.2 Å². The fraction of sp³-hybridized carbons (Fsp3) is 0.333. The first-order chi connectivity index (χ1) is 13.6. The SMILES string of the molecule is COc1cc2ncnc(Nc3ccc(F)c(Cl)c3)c2cc1OC1CCCCC1. The number of hydrogen-bond acceptors (Lipinski definition) is 5. The van der Waals surface area contributed by atoms with Gasteiger partial charge in [0.1, 0.15) is 18.0 Å². The Morgan fingerprint density at radius 1 is 1.07 bits per heavy atom. The highest BCUT2D eigenvalue weighted by atomic mass is 35.5. The summed E-state index contributed by atoms with van der Waals surface area (Å²) in [4.78, 5) is 8.68. The van der Waals surface area contributed by atoms with Gasteiger partial charge in [-0.2, -0.15) is 0 Å². The second-order valence-corrected chi connectivity index (χ2v) is 7.28. The van der Waals surface area contributed by atoms with E-state index >= 15 is 0 Å². The molecule has 146 valence electrons. The number of fused-ring (bicyclic) bond motifs is 1. The predicted molar refractivity (Wildman–Crippen MR) is 108 cm³/mol. The quantitative estimate of drug-likeness (QED) is 0.578. The lowest BCUT2D eigenvalue weighted by Gasteiger charge is -2.24. The first-order valence-corrected chi connectivity index (χ1v) is 9.73. The van der Waals surface area contributed by atoms with E-state index < -0.39 is 5.82 Å². The zero-order chi connectivity index (χ0) is 19.5. The van der Waals surface area contributed by atoms with Crippen LogP contribution in [0.25, 0.3) is 10.9 Å². The maximum atomic E-state index is 13.4. The lowest BCUT2D eigenvalue weighted by molar-refractivity contribution is 0.150. The average molecular weight is 402 g/mol. The second kappa shape index (κ2) is 8.19. The summed E-state index contributed by atoms with van der Waals surface area (Å²) in [5.41, 5.74) is 1.36. The van der Waals surface area contributed by atoms with Gasteiger partial charge in [-0.25, -0.2) is 14.4 Å². The molecule has 0 atom stereocenters. The van der Waals surface area contributed by atoms with Crippen molar-refractivity contribution in [3.63, 3.8) is 0 Å². The van der Waals surface area contributed by atoms with Gasteiger partial charge in [0, 0.05) is 17.1 Å². The number of anilines is 2. The zero-order valence-electron chi connectivity index (χ0n) is 15.5. The van der Waals surface area contributed by atoms with Crippen LogP contribution in [0.5, 0.6) is 11.5 Å². The van der Waals surface area contributed by atoms with Crippen molar-refractivity contribution < 1.29 is 13.9 Å². The molecule has 5 nitrogen and oxygen atoms in total. The Bertz CT molecular complexity index is 993. The number of nitrogens with zero attached hydrogens (tertiary/aromatic N) is 2. The van der Waals surface area contributed by atoms with Crippen LogP contribution in [-0.2, 0) is 0 Å². The van der Waals surface area contributed by atoms with Gasteiger partial charge in [-0.3, -0.25) is 0 Å². The summed E-state index contributed by atoms with van der Waals surface area (Å²) >= 11 is 5.89. The molecule has 0 radical (unpaired) electrons. The minimum absolute atomic E-state index is 0.0475. The Morgan fingerprint density at radius 2 is 1.89 bits per heavy atom. The highest BCUT2D eigenvalue weighted by molar-refractivity contribution is 6.31. The topological polar surface area (TPSA) is 56.3 Å². The van der Waals surface area contributed by atoms with Gasteiger partial charge in [0.2, 0.25) is 0 Å². The summed E-state index contributed by atoms with van der Waals surface area (Å²) < 4.78 is 25.2. The normalized spacial score (nSPS) is 14.8. The molecular weight excluding hydrogens is 381 g/mol. The van der Waals surface area contributed by atoms with Gasteiger partial charge in [-0.1, -0.05) is 18.0 Å². The minimum atomic E-state index is -0.465. The van der Waals surface area contributed by atoms with Crippen molar-refractivity contribution >= 4 is 34.0 Å². The Balaban J connectivity index is 1.70. The van der Waals surface area contributed by atoms with E-state index in [0.29, 0.717) is 23.0 Å². The van der Waals surface area contributed by atoms with Gasteiger partial charge < -0.3 is 14.8 Å². The van der Waals surface area contributed by atoms with E-state index in [4.69, 9.17) is 21.1 Å². The first-order valence-electron chi connectivity index (χ1n) is 9.35. The van der Waals surface area contributed by atoms with E-state index in [2.05, 4.69) is 15.3 Å². The summed E-state index contributed by atoms with van der Waals surface area (Å²) in [5.74, 6) is 1.45. The monoisotopic (exact) mass is 401 g/mol. The average Bonchev–Trinajstić information content (AvgIpc) is 2.71. The Morgan fingerprint density at radius 3 is 2.64 bits per heavy atom. The summed E-state index contributed by atoms with van der Waals surface area (Å²) in [5, 5.41) is 4.02. The third-order valence-electron chi connectivity index (χ3n) is 4.95. The van der Waals surface area contributed by atoms with E-state index in [0.717, 1.165) is 23.7 Å².